The predicted octanol–water partition coefficient (Wildman–Crippen LogP) is -7.21. The Labute approximate surface area is 264 Å². The van der Waals surface area contributed by atoms with Gasteiger partial charge < -0.3 is 71.2 Å². The minimum Gasteiger partial charge on any atom is -0.370 e. The summed E-state index contributed by atoms with van der Waals surface area (Å²) in [5, 5.41) is 19.4. The van der Waals surface area contributed by atoms with E-state index in [4.69, 9.17) is 28.7 Å². The van der Waals surface area contributed by atoms with Crippen LogP contribution in [0.3, 0.4) is 0 Å². The molecule has 2 rings (SSSR count). The fraction of sp³-hybridized carbons (Fsp3) is 0.600. The molecule has 1 fully saturated rings. The maximum atomic E-state index is 13.4. The summed E-state index contributed by atoms with van der Waals surface area (Å²) in [7, 11) is 0. The lowest BCUT2D eigenvalue weighted by Crippen LogP contribution is -2.63. The average molecular weight is 653 g/mol. The number of hydrogen-bond acceptors (Lipinski definition) is 13. The molecule has 0 aromatic heterocycles. The summed E-state index contributed by atoms with van der Waals surface area (Å²) in [5.74, 6) is -5.04. The van der Waals surface area contributed by atoms with E-state index in [2.05, 4.69) is 47.5 Å². The Morgan fingerprint density at radius 3 is 2.41 bits per heavy atom. The lowest BCUT2D eigenvalue weighted by molar-refractivity contribution is -0.133. The Balaban J connectivity index is 2.42. The molecule has 0 bridgehead atoms. The molecule has 2 aliphatic heterocycles. The number of nitrogens with zero attached hydrogens (tertiary/aromatic N) is 1. The fourth-order valence-corrected chi connectivity index (χ4v) is 4.28. The number of primary amides is 1. The molecular weight excluding hydrogens is 608 g/mol. The van der Waals surface area contributed by atoms with Crippen molar-refractivity contribution >= 4 is 47.4 Å². The van der Waals surface area contributed by atoms with Crippen LogP contribution in [0.4, 0.5) is 4.79 Å². The average Bonchev–Trinajstić information content (AvgIpc) is 3.00. The molecule has 0 saturated carbocycles. The minimum absolute atomic E-state index is 0.0101. The summed E-state index contributed by atoms with van der Waals surface area (Å²) in [4.78, 5) is 93.7. The van der Waals surface area contributed by atoms with Gasteiger partial charge in [-0.1, -0.05) is 0 Å². The first-order chi connectivity index (χ1) is 21.7. The molecule has 0 unspecified atom stereocenters. The first-order valence-corrected chi connectivity index (χ1v) is 14.5. The molecule has 0 spiro atoms. The third-order valence-electron chi connectivity index (χ3n) is 6.84. The number of guanidine groups is 1. The van der Waals surface area contributed by atoms with E-state index in [1.165, 1.54) is 6.92 Å². The van der Waals surface area contributed by atoms with E-state index in [1.807, 2.05) is 0 Å². The molecule has 6 atom stereocenters. The van der Waals surface area contributed by atoms with Crippen molar-refractivity contribution in [3.05, 3.63) is 11.9 Å². The van der Waals surface area contributed by atoms with E-state index >= 15 is 0 Å². The van der Waals surface area contributed by atoms with E-state index in [9.17, 15) is 33.6 Å². The lowest BCUT2D eigenvalue weighted by atomic mass is 10.0. The van der Waals surface area contributed by atoms with Crippen LogP contribution in [0.1, 0.15) is 32.6 Å². The summed E-state index contributed by atoms with van der Waals surface area (Å²) < 4.78 is 0. The maximum absolute atomic E-state index is 13.4. The van der Waals surface area contributed by atoms with Gasteiger partial charge >= 0.3 is 6.03 Å². The predicted molar refractivity (Wildman–Crippen MR) is 163 cm³/mol. The first-order valence-electron chi connectivity index (χ1n) is 14.5. The number of amides is 8. The van der Waals surface area contributed by atoms with E-state index in [-0.39, 0.29) is 31.9 Å². The van der Waals surface area contributed by atoms with Crippen molar-refractivity contribution < 1.29 is 33.6 Å². The summed E-state index contributed by atoms with van der Waals surface area (Å²) >= 11 is 0. The van der Waals surface area contributed by atoms with Gasteiger partial charge in [0.25, 0.3) is 5.91 Å². The standard InChI is InChI=1S/C25H44N14O7/c1-11-19(41)36-15(9-32-17(40)7-12(27)3-2-5-26)21(43)37-16(10-34-25(30)46)22(44)39-18(14-4-6-31-24(29)38-14)23(45)33-8-13(28)20(42)35-11/h10-15,18H,2-9,26-28H2,1H3,(H,32,40)(H,33,45)(H,35,42)(H,36,41)(H,37,43)(H,39,44)(H3,29,31,38)(H3,30,34,46)/b16-10-/t11-,12+,13+,14-,15-,18-/m0/s1. The molecule has 21 heteroatoms. The van der Waals surface area contributed by atoms with Gasteiger partial charge in [-0.25, -0.2) is 4.79 Å². The van der Waals surface area contributed by atoms with Gasteiger partial charge in [-0.05, 0) is 32.7 Å². The van der Waals surface area contributed by atoms with Gasteiger partial charge in [0.1, 0.15) is 29.9 Å². The molecule has 8 amide bonds. The van der Waals surface area contributed by atoms with Gasteiger partial charge in [0.15, 0.2) is 5.96 Å². The zero-order valence-corrected chi connectivity index (χ0v) is 25.4. The molecule has 256 valence electrons. The second kappa shape index (κ2) is 18.1. The third-order valence-corrected chi connectivity index (χ3v) is 6.84. The van der Waals surface area contributed by atoms with Crippen LogP contribution < -0.4 is 71.2 Å². The molecule has 2 heterocycles. The third kappa shape index (κ3) is 12.2. The summed E-state index contributed by atoms with van der Waals surface area (Å²) in [6, 6.07) is -7.79. The van der Waals surface area contributed by atoms with Crippen molar-refractivity contribution in [3.8, 4) is 0 Å². The number of carbonyl (C=O) groups excluding carboxylic acids is 7. The number of carbonyl (C=O) groups is 7. The minimum atomic E-state index is -1.52. The normalized spacial score (nSPS) is 26.6. The van der Waals surface area contributed by atoms with Gasteiger partial charge in [0, 0.05) is 38.3 Å². The van der Waals surface area contributed by atoms with Crippen LogP contribution in [0.25, 0.3) is 0 Å². The van der Waals surface area contributed by atoms with E-state index in [1.54, 1.807) is 0 Å². The van der Waals surface area contributed by atoms with E-state index in [0.717, 1.165) is 6.20 Å². The zero-order valence-electron chi connectivity index (χ0n) is 25.4. The van der Waals surface area contributed by atoms with Crippen LogP contribution in [0, 0.1) is 0 Å². The molecule has 0 aromatic carbocycles. The SMILES string of the molecule is C[C@@H]1NC(=O)[C@H](N)CNC(=O)[C@H]([C@@H]2CCN=C(N)N2)NC(=O)/C(=C/NC(N)=O)NC(=O)[C@H](CNC(=O)C[C@H](N)CCCN)NC1=O. The number of nitrogens with one attached hydrogen (secondary N) is 8. The van der Waals surface area contributed by atoms with Gasteiger partial charge in [0.05, 0.1) is 6.04 Å². The molecule has 21 nitrogen and oxygen atoms in total. The Bertz CT molecular complexity index is 1230. The summed E-state index contributed by atoms with van der Waals surface area (Å²) in [6.45, 7) is 1.08. The monoisotopic (exact) mass is 652 g/mol. The first kappa shape index (κ1) is 37.2. The van der Waals surface area contributed by atoms with E-state index in [0.29, 0.717) is 19.4 Å². The quantitative estimate of drug-likeness (QED) is 0.103. The Hall–Kier alpha value is -5.02. The number of rotatable bonds is 9. The Morgan fingerprint density at radius 2 is 1.76 bits per heavy atom. The molecule has 0 aromatic rings. The van der Waals surface area contributed by atoms with Crippen LogP contribution >= 0.6 is 0 Å². The topological polar surface area (TPSA) is 358 Å². The molecular formula is C25H44N14O7. The highest BCUT2D eigenvalue weighted by Gasteiger charge is 2.34. The number of nitrogens with two attached hydrogens (primary N) is 5. The van der Waals surface area contributed by atoms with Crippen molar-refractivity contribution in [2.75, 3.05) is 26.2 Å². The highest BCUT2D eigenvalue weighted by atomic mass is 16.2. The molecule has 1 saturated heterocycles. The molecule has 2 aliphatic rings. The van der Waals surface area contributed by atoms with Gasteiger partial charge in [-0.15, -0.1) is 0 Å². The number of aliphatic imine (C=N–C) groups is 1. The highest BCUT2D eigenvalue weighted by molar-refractivity contribution is 6.02. The Morgan fingerprint density at radius 1 is 1.04 bits per heavy atom. The maximum Gasteiger partial charge on any atom is 0.316 e. The second-order valence-corrected chi connectivity index (χ2v) is 10.7. The van der Waals surface area contributed by atoms with Gasteiger partial charge in [0.2, 0.25) is 29.5 Å². The largest absolute Gasteiger partial charge is 0.370 e. The van der Waals surface area contributed by atoms with Crippen LogP contribution in [0.5, 0.6) is 0 Å². The molecule has 0 aliphatic carbocycles. The number of urea groups is 1. The van der Waals surface area contributed by atoms with Crippen molar-refractivity contribution in [2.24, 2.45) is 33.7 Å². The fourth-order valence-electron chi connectivity index (χ4n) is 4.28. The number of hydrogen-bond donors (Lipinski definition) is 13. The van der Waals surface area contributed by atoms with Crippen molar-refractivity contribution in [2.45, 2.75) is 68.9 Å². The van der Waals surface area contributed by atoms with Gasteiger partial charge in [-0.3, -0.25) is 33.8 Å². The summed E-state index contributed by atoms with van der Waals surface area (Å²) in [5.41, 5.74) is 27.7. The van der Waals surface area contributed by atoms with Crippen LogP contribution in [-0.4, -0.2) is 110 Å². The lowest BCUT2D eigenvalue weighted by Gasteiger charge is -2.31. The zero-order chi connectivity index (χ0) is 34.4. The van der Waals surface area contributed by atoms with Gasteiger partial charge in [-0.2, -0.15) is 0 Å². The molecule has 18 N–H and O–H groups in total. The van der Waals surface area contributed by atoms with Crippen molar-refractivity contribution in [1.29, 1.82) is 0 Å². The van der Waals surface area contributed by atoms with Crippen LogP contribution in [0.15, 0.2) is 16.9 Å². The van der Waals surface area contributed by atoms with Crippen LogP contribution in [0.2, 0.25) is 0 Å². The molecule has 0 radical (unpaired) electrons. The summed E-state index contributed by atoms with van der Waals surface area (Å²) in [6.07, 6.45) is 2.01. The second-order valence-electron chi connectivity index (χ2n) is 10.7. The molecule has 46 heavy (non-hydrogen) atoms. The highest BCUT2D eigenvalue weighted by Crippen LogP contribution is 2.07. The van der Waals surface area contributed by atoms with E-state index < -0.39 is 90.0 Å². The Kier molecular flexibility index (Phi) is 14.6. The van der Waals surface area contributed by atoms with Crippen molar-refractivity contribution in [1.82, 2.24) is 42.5 Å². The van der Waals surface area contributed by atoms with Crippen LogP contribution in [-0.2, 0) is 28.8 Å². The smallest absolute Gasteiger partial charge is 0.316 e. The van der Waals surface area contributed by atoms with Crippen molar-refractivity contribution in [3.63, 3.8) is 0 Å².